The maximum atomic E-state index is 13.3. The van der Waals surface area contributed by atoms with E-state index in [1.807, 2.05) is 0 Å². The van der Waals surface area contributed by atoms with E-state index in [2.05, 4.69) is 26.2 Å². The third-order valence-corrected chi connectivity index (χ3v) is 3.60. The number of likely N-dealkylation sites (tertiary alicyclic amines) is 1. The van der Waals surface area contributed by atoms with Gasteiger partial charge in [0.2, 0.25) is 5.91 Å². The Balaban J connectivity index is 2.15. The number of carbonyl (C=O) groups excluding carboxylic acids is 1. The quantitative estimate of drug-likeness (QED) is 0.788. The molecule has 108 valence electrons. The van der Waals surface area contributed by atoms with Gasteiger partial charge >= 0.3 is 6.09 Å². The number of hydrogen-bond acceptors (Lipinski definition) is 3. The van der Waals surface area contributed by atoms with Crippen molar-refractivity contribution in [3.63, 3.8) is 0 Å². The average molecular weight is 367 g/mol. The molecule has 2 atom stereocenters. The summed E-state index contributed by atoms with van der Waals surface area (Å²) < 4.78 is 13.8. The third kappa shape index (κ3) is 3.18. The molecule has 6 nitrogen and oxygen atoms in total. The lowest BCUT2D eigenvalue weighted by Crippen LogP contribution is -2.42. The Morgan fingerprint density at radius 2 is 2.25 bits per heavy atom. The summed E-state index contributed by atoms with van der Waals surface area (Å²) in [6.07, 6.45) is -2.87. The van der Waals surface area contributed by atoms with Crippen molar-refractivity contribution in [2.45, 2.75) is 18.6 Å². The minimum Gasteiger partial charge on any atom is -0.465 e. The molecule has 20 heavy (non-hydrogen) atoms. The second kappa shape index (κ2) is 5.92. The maximum Gasteiger partial charge on any atom is 0.408 e. The van der Waals surface area contributed by atoms with Crippen LogP contribution >= 0.6 is 27.5 Å². The topological polar surface area (TPSA) is 82.5 Å². The van der Waals surface area contributed by atoms with Gasteiger partial charge in [-0.05, 0) is 28.1 Å². The maximum absolute atomic E-state index is 13.3. The van der Waals surface area contributed by atoms with Crippen molar-refractivity contribution in [1.82, 2.24) is 9.88 Å². The first kappa shape index (κ1) is 15.0. The Morgan fingerprint density at radius 3 is 2.90 bits per heavy atom. The van der Waals surface area contributed by atoms with Crippen LogP contribution in [-0.2, 0) is 4.79 Å². The molecular weight excluding hydrogens is 356 g/mol. The molecule has 2 rings (SSSR count). The van der Waals surface area contributed by atoms with Gasteiger partial charge in [-0.25, -0.2) is 14.2 Å². The second-order valence-electron chi connectivity index (χ2n) is 4.24. The minimum atomic E-state index is -1.35. The highest BCUT2D eigenvalue weighted by Crippen LogP contribution is 2.25. The molecule has 0 saturated carbocycles. The molecule has 0 aliphatic carbocycles. The van der Waals surface area contributed by atoms with Gasteiger partial charge in [0.25, 0.3) is 0 Å². The first-order valence-electron chi connectivity index (χ1n) is 5.65. The smallest absolute Gasteiger partial charge is 0.408 e. The van der Waals surface area contributed by atoms with Gasteiger partial charge in [0.15, 0.2) is 5.82 Å². The van der Waals surface area contributed by atoms with E-state index >= 15 is 0 Å². The van der Waals surface area contributed by atoms with Gasteiger partial charge in [0.05, 0.1) is 11.6 Å². The normalized spacial score (nSPS) is 21.9. The lowest BCUT2D eigenvalue weighted by molar-refractivity contribution is -0.120. The number of rotatable bonds is 2. The van der Waals surface area contributed by atoms with Crippen molar-refractivity contribution < 1.29 is 19.1 Å². The predicted octanol–water partition coefficient (Wildman–Crippen LogP) is 2.53. The fraction of sp³-hybridized carbons (Fsp3) is 0.364. The second-order valence-corrected chi connectivity index (χ2v) is 5.46. The monoisotopic (exact) mass is 365 g/mol. The summed E-state index contributed by atoms with van der Waals surface area (Å²) in [5, 5.41) is 11.6. The molecular formula is C11H10BrClFN3O3. The van der Waals surface area contributed by atoms with Crippen LogP contribution in [0.5, 0.6) is 0 Å². The lowest BCUT2D eigenvalue weighted by Gasteiger charge is -2.20. The van der Waals surface area contributed by atoms with Crippen LogP contribution in [0.2, 0.25) is 5.02 Å². The molecule has 9 heteroatoms. The van der Waals surface area contributed by atoms with Crippen molar-refractivity contribution in [1.29, 1.82) is 0 Å². The van der Waals surface area contributed by atoms with Gasteiger partial charge in [-0.3, -0.25) is 9.69 Å². The van der Waals surface area contributed by atoms with Crippen molar-refractivity contribution >= 4 is 45.3 Å². The lowest BCUT2D eigenvalue weighted by atomic mass is 10.2. The van der Waals surface area contributed by atoms with Crippen molar-refractivity contribution in [3.8, 4) is 0 Å². The summed E-state index contributed by atoms with van der Waals surface area (Å²) in [7, 11) is 0. The summed E-state index contributed by atoms with van der Waals surface area (Å²) in [5.74, 6) is -0.557. The van der Waals surface area contributed by atoms with Crippen molar-refractivity contribution in [2.75, 3.05) is 11.9 Å². The van der Waals surface area contributed by atoms with E-state index in [4.69, 9.17) is 16.7 Å². The van der Waals surface area contributed by atoms with Crippen LogP contribution in [-0.4, -0.2) is 45.7 Å². The summed E-state index contributed by atoms with van der Waals surface area (Å²) in [5.41, 5.74) is 0. The number of alkyl halides is 1. The van der Waals surface area contributed by atoms with E-state index in [0.29, 0.717) is 4.60 Å². The molecule has 1 fully saturated rings. The number of amides is 2. The van der Waals surface area contributed by atoms with Crippen molar-refractivity contribution in [3.05, 3.63) is 21.8 Å². The SMILES string of the molecule is O=C(Nc1nc(Br)ccc1Cl)[C@@H]1C[C@@H](F)CN1C(=O)O. The van der Waals surface area contributed by atoms with Gasteiger partial charge in [-0.15, -0.1) is 0 Å². The average Bonchev–Trinajstić information content (AvgIpc) is 2.76. The number of nitrogens with zero attached hydrogens (tertiary/aromatic N) is 2. The van der Waals surface area contributed by atoms with E-state index in [1.54, 1.807) is 6.07 Å². The number of carbonyl (C=O) groups is 2. The summed E-state index contributed by atoms with van der Waals surface area (Å²) in [4.78, 5) is 27.7. The molecule has 1 aromatic rings. The Hall–Kier alpha value is -1.41. The van der Waals surface area contributed by atoms with Crippen LogP contribution in [0.3, 0.4) is 0 Å². The Morgan fingerprint density at radius 1 is 1.55 bits per heavy atom. The molecule has 2 N–H and O–H groups in total. The van der Waals surface area contributed by atoms with Gasteiger partial charge in [0, 0.05) is 6.42 Å². The summed E-state index contributed by atoms with van der Waals surface area (Å²) in [6, 6.07) is 2.03. The van der Waals surface area contributed by atoms with E-state index in [9.17, 15) is 14.0 Å². The molecule has 2 amide bonds. The largest absolute Gasteiger partial charge is 0.465 e. The van der Waals surface area contributed by atoms with Crippen LogP contribution in [0, 0.1) is 0 Å². The highest BCUT2D eigenvalue weighted by molar-refractivity contribution is 9.10. The van der Waals surface area contributed by atoms with Crippen LogP contribution in [0.1, 0.15) is 6.42 Å². The zero-order valence-electron chi connectivity index (χ0n) is 10.0. The number of nitrogens with one attached hydrogen (secondary N) is 1. The Bertz CT molecular complexity index is 560. The molecule has 0 spiro atoms. The number of hydrogen-bond donors (Lipinski definition) is 2. The third-order valence-electron chi connectivity index (χ3n) is 2.85. The van der Waals surface area contributed by atoms with E-state index in [1.165, 1.54) is 6.07 Å². The molecule has 1 aliphatic heterocycles. The van der Waals surface area contributed by atoms with Crippen LogP contribution in [0.25, 0.3) is 0 Å². The van der Waals surface area contributed by atoms with Crippen LogP contribution in [0.4, 0.5) is 15.0 Å². The van der Waals surface area contributed by atoms with Gasteiger partial charge in [-0.1, -0.05) is 11.6 Å². The molecule has 0 bridgehead atoms. The fourth-order valence-corrected chi connectivity index (χ4v) is 2.41. The fourth-order valence-electron chi connectivity index (χ4n) is 1.95. The van der Waals surface area contributed by atoms with E-state index in [-0.39, 0.29) is 23.8 Å². The highest BCUT2D eigenvalue weighted by atomic mass is 79.9. The number of pyridine rings is 1. The van der Waals surface area contributed by atoms with Gasteiger partial charge < -0.3 is 10.4 Å². The number of carboxylic acid groups (broad SMARTS) is 1. The molecule has 0 radical (unpaired) electrons. The summed E-state index contributed by atoms with van der Waals surface area (Å²) >= 11 is 9.00. The molecule has 0 unspecified atom stereocenters. The Kier molecular flexibility index (Phi) is 4.44. The molecule has 0 aromatic carbocycles. The molecule has 1 saturated heterocycles. The number of halogens is 3. The minimum absolute atomic E-state index is 0.0960. The Labute approximate surface area is 127 Å². The van der Waals surface area contributed by atoms with Gasteiger partial charge in [-0.2, -0.15) is 0 Å². The summed E-state index contributed by atoms with van der Waals surface area (Å²) in [6.45, 7) is -0.312. The standard InChI is InChI=1S/C11H10BrClFN3O3/c12-8-2-1-6(13)9(15-8)16-10(18)7-3-5(14)4-17(7)11(19)20/h1-2,5,7H,3-4H2,(H,19,20)(H,15,16,18)/t5-,7+/m1/s1. The van der Waals surface area contributed by atoms with E-state index in [0.717, 1.165) is 4.90 Å². The molecule has 1 aliphatic rings. The van der Waals surface area contributed by atoms with Crippen LogP contribution in [0.15, 0.2) is 16.7 Å². The zero-order valence-corrected chi connectivity index (χ0v) is 12.4. The number of aromatic nitrogens is 1. The predicted molar refractivity (Wildman–Crippen MR) is 73.6 cm³/mol. The molecule has 1 aromatic heterocycles. The highest BCUT2D eigenvalue weighted by Gasteiger charge is 2.40. The number of anilines is 1. The van der Waals surface area contributed by atoms with E-state index < -0.39 is 24.2 Å². The molecule has 2 heterocycles. The van der Waals surface area contributed by atoms with Crippen molar-refractivity contribution in [2.24, 2.45) is 0 Å². The first-order chi connectivity index (χ1) is 9.38. The van der Waals surface area contributed by atoms with Gasteiger partial charge in [0.1, 0.15) is 16.8 Å². The van der Waals surface area contributed by atoms with Crippen LogP contribution < -0.4 is 5.32 Å². The zero-order chi connectivity index (χ0) is 14.9. The first-order valence-corrected chi connectivity index (χ1v) is 6.82.